The number of nitrogens with zero attached hydrogens (tertiary/aromatic N) is 1. The molecule has 0 aliphatic carbocycles. The quantitative estimate of drug-likeness (QED) is 0.768. The van der Waals surface area contributed by atoms with Gasteiger partial charge in [-0.2, -0.15) is 5.26 Å². The van der Waals surface area contributed by atoms with Crippen LogP contribution in [0.25, 0.3) is 11.1 Å². The molecule has 0 fully saturated rings. The van der Waals surface area contributed by atoms with E-state index in [-0.39, 0.29) is 5.82 Å². The molecule has 16 heavy (non-hydrogen) atoms. The predicted octanol–water partition coefficient (Wildman–Crippen LogP) is 4.13. The molecule has 0 atom stereocenters. The Labute approximate surface area is 101 Å². The van der Waals surface area contributed by atoms with E-state index in [0.29, 0.717) is 5.56 Å². The fraction of sp³-hybridized carbons (Fsp3) is 0. The highest BCUT2D eigenvalue weighted by molar-refractivity contribution is 9.10. The smallest absolute Gasteiger partial charge is 0.123 e. The van der Waals surface area contributed by atoms with Crippen LogP contribution < -0.4 is 0 Å². The van der Waals surface area contributed by atoms with Gasteiger partial charge in [0.05, 0.1) is 11.6 Å². The summed E-state index contributed by atoms with van der Waals surface area (Å²) in [5.74, 6) is -0.280. The van der Waals surface area contributed by atoms with Gasteiger partial charge in [0.15, 0.2) is 0 Å². The highest BCUT2D eigenvalue weighted by Crippen LogP contribution is 2.26. The Morgan fingerprint density at radius 3 is 2.38 bits per heavy atom. The minimum atomic E-state index is -0.280. The fourth-order valence-corrected chi connectivity index (χ4v) is 1.84. The Hall–Kier alpha value is -1.66. The predicted molar refractivity (Wildman–Crippen MR) is 64.3 cm³/mol. The first-order chi connectivity index (χ1) is 7.70. The third kappa shape index (κ3) is 2.12. The zero-order valence-corrected chi connectivity index (χ0v) is 9.83. The SMILES string of the molecule is N#Cc1ccc(Br)cc1-c1ccc(F)cc1. The van der Waals surface area contributed by atoms with Crippen LogP contribution in [0, 0.1) is 17.1 Å². The summed E-state index contributed by atoms with van der Waals surface area (Å²) >= 11 is 3.35. The highest BCUT2D eigenvalue weighted by Gasteiger charge is 2.05. The van der Waals surface area contributed by atoms with Crippen LogP contribution in [0.1, 0.15) is 5.56 Å². The zero-order valence-electron chi connectivity index (χ0n) is 8.24. The molecule has 3 heteroatoms. The molecule has 0 amide bonds. The molecule has 2 aromatic rings. The van der Waals surface area contributed by atoms with Gasteiger partial charge >= 0.3 is 0 Å². The second kappa shape index (κ2) is 4.46. The lowest BCUT2D eigenvalue weighted by molar-refractivity contribution is 0.628. The van der Waals surface area contributed by atoms with E-state index in [4.69, 9.17) is 5.26 Å². The van der Waals surface area contributed by atoms with E-state index in [1.54, 1.807) is 18.2 Å². The molecule has 0 saturated carbocycles. The number of rotatable bonds is 1. The van der Waals surface area contributed by atoms with Gasteiger partial charge in [0.2, 0.25) is 0 Å². The van der Waals surface area contributed by atoms with Crippen LogP contribution in [-0.2, 0) is 0 Å². The molecule has 1 nitrogen and oxygen atoms in total. The van der Waals surface area contributed by atoms with Gasteiger partial charge < -0.3 is 0 Å². The Morgan fingerprint density at radius 2 is 1.75 bits per heavy atom. The van der Waals surface area contributed by atoms with Crippen molar-refractivity contribution in [2.75, 3.05) is 0 Å². The molecule has 0 radical (unpaired) electrons. The van der Waals surface area contributed by atoms with Gasteiger partial charge in [0, 0.05) is 10.0 Å². The summed E-state index contributed by atoms with van der Waals surface area (Å²) in [5.41, 5.74) is 2.21. The Bertz CT molecular complexity index is 555. The highest BCUT2D eigenvalue weighted by atomic mass is 79.9. The van der Waals surface area contributed by atoms with E-state index in [2.05, 4.69) is 22.0 Å². The molecule has 0 unspecified atom stereocenters. The van der Waals surface area contributed by atoms with Crippen LogP contribution in [0.4, 0.5) is 4.39 Å². The second-order valence-corrected chi connectivity index (χ2v) is 4.22. The third-order valence-corrected chi connectivity index (χ3v) is 2.75. The van der Waals surface area contributed by atoms with Gasteiger partial charge in [-0.05, 0) is 35.9 Å². The van der Waals surface area contributed by atoms with Crippen molar-refractivity contribution in [3.05, 3.63) is 58.3 Å². The summed E-state index contributed by atoms with van der Waals surface area (Å²) in [4.78, 5) is 0. The Balaban J connectivity index is 2.59. The number of benzene rings is 2. The standard InChI is InChI=1S/C13H7BrFN/c14-11-4-1-10(8-16)13(7-11)9-2-5-12(15)6-3-9/h1-7H. The maximum Gasteiger partial charge on any atom is 0.123 e. The lowest BCUT2D eigenvalue weighted by Crippen LogP contribution is -1.85. The lowest BCUT2D eigenvalue weighted by Gasteiger charge is -2.04. The van der Waals surface area contributed by atoms with E-state index in [1.807, 2.05) is 12.1 Å². The molecule has 0 saturated heterocycles. The third-order valence-electron chi connectivity index (χ3n) is 2.26. The summed E-state index contributed by atoms with van der Waals surface area (Å²) in [7, 11) is 0. The first-order valence-corrected chi connectivity index (χ1v) is 5.45. The van der Waals surface area contributed by atoms with Gasteiger partial charge in [0.25, 0.3) is 0 Å². The summed E-state index contributed by atoms with van der Waals surface area (Å²) in [6.45, 7) is 0. The van der Waals surface area contributed by atoms with Crippen molar-refractivity contribution in [2.45, 2.75) is 0 Å². The van der Waals surface area contributed by atoms with Crippen molar-refractivity contribution in [1.82, 2.24) is 0 Å². The molecule has 0 aliphatic heterocycles. The summed E-state index contributed by atoms with van der Waals surface area (Å²) in [6.07, 6.45) is 0. The summed E-state index contributed by atoms with van der Waals surface area (Å²) < 4.78 is 13.7. The van der Waals surface area contributed by atoms with Crippen molar-refractivity contribution >= 4 is 15.9 Å². The molecule has 0 aromatic heterocycles. The average Bonchev–Trinajstić information content (AvgIpc) is 2.30. The van der Waals surface area contributed by atoms with E-state index in [9.17, 15) is 4.39 Å². The minimum Gasteiger partial charge on any atom is -0.207 e. The zero-order chi connectivity index (χ0) is 11.5. The van der Waals surface area contributed by atoms with Crippen LogP contribution in [0.3, 0.4) is 0 Å². The molecular formula is C13H7BrFN. The van der Waals surface area contributed by atoms with Crippen LogP contribution in [0.2, 0.25) is 0 Å². The topological polar surface area (TPSA) is 23.8 Å². The van der Waals surface area contributed by atoms with Crippen molar-refractivity contribution in [1.29, 1.82) is 5.26 Å². The molecule has 0 N–H and O–H groups in total. The number of hydrogen-bond acceptors (Lipinski definition) is 1. The minimum absolute atomic E-state index is 0.280. The maximum atomic E-state index is 12.8. The monoisotopic (exact) mass is 275 g/mol. The van der Waals surface area contributed by atoms with Crippen molar-refractivity contribution in [2.24, 2.45) is 0 Å². The van der Waals surface area contributed by atoms with Gasteiger partial charge in [-0.3, -0.25) is 0 Å². The van der Waals surface area contributed by atoms with Crippen molar-refractivity contribution in [3.8, 4) is 17.2 Å². The van der Waals surface area contributed by atoms with Crippen LogP contribution >= 0.6 is 15.9 Å². The van der Waals surface area contributed by atoms with Gasteiger partial charge in [-0.1, -0.05) is 28.1 Å². The number of hydrogen-bond donors (Lipinski definition) is 0. The second-order valence-electron chi connectivity index (χ2n) is 3.31. The molecule has 0 bridgehead atoms. The largest absolute Gasteiger partial charge is 0.207 e. The van der Waals surface area contributed by atoms with Crippen molar-refractivity contribution in [3.63, 3.8) is 0 Å². The van der Waals surface area contributed by atoms with Crippen LogP contribution in [0.5, 0.6) is 0 Å². The molecule has 2 rings (SSSR count). The maximum absolute atomic E-state index is 12.8. The summed E-state index contributed by atoms with van der Waals surface area (Å²) in [5, 5.41) is 8.99. The van der Waals surface area contributed by atoms with E-state index < -0.39 is 0 Å². The Morgan fingerprint density at radius 1 is 1.06 bits per heavy atom. The van der Waals surface area contributed by atoms with E-state index >= 15 is 0 Å². The lowest BCUT2D eigenvalue weighted by atomic mass is 10.0. The fourth-order valence-electron chi connectivity index (χ4n) is 1.48. The van der Waals surface area contributed by atoms with E-state index in [1.165, 1.54) is 12.1 Å². The van der Waals surface area contributed by atoms with Crippen molar-refractivity contribution < 1.29 is 4.39 Å². The molecule has 78 valence electrons. The molecule has 0 spiro atoms. The van der Waals surface area contributed by atoms with Gasteiger partial charge in [0.1, 0.15) is 5.82 Å². The molecule has 0 heterocycles. The Kier molecular flexibility index (Phi) is 3.02. The summed E-state index contributed by atoms with van der Waals surface area (Å²) in [6, 6.07) is 13.6. The van der Waals surface area contributed by atoms with E-state index in [0.717, 1.165) is 15.6 Å². The molecular weight excluding hydrogens is 269 g/mol. The first kappa shape index (κ1) is 10.8. The van der Waals surface area contributed by atoms with Gasteiger partial charge in [-0.15, -0.1) is 0 Å². The molecule has 2 aromatic carbocycles. The normalized spacial score (nSPS) is 9.81. The first-order valence-electron chi connectivity index (χ1n) is 4.66. The average molecular weight is 276 g/mol. The molecule has 0 aliphatic rings. The van der Waals surface area contributed by atoms with Crippen LogP contribution in [0.15, 0.2) is 46.9 Å². The van der Waals surface area contributed by atoms with Crippen LogP contribution in [-0.4, -0.2) is 0 Å². The number of nitriles is 1. The number of halogens is 2. The van der Waals surface area contributed by atoms with Gasteiger partial charge in [-0.25, -0.2) is 4.39 Å².